The molecule has 0 bridgehead atoms. The van der Waals surface area contributed by atoms with Crippen molar-refractivity contribution in [2.45, 2.75) is 45.2 Å². The molecule has 4 aromatic rings. The molecule has 3 heterocycles. The van der Waals surface area contributed by atoms with E-state index in [1.807, 2.05) is 17.0 Å². The molecule has 1 saturated carbocycles. The summed E-state index contributed by atoms with van der Waals surface area (Å²) in [6.45, 7) is 5.87. The second kappa shape index (κ2) is 12.1. The van der Waals surface area contributed by atoms with E-state index < -0.39 is 0 Å². The summed E-state index contributed by atoms with van der Waals surface area (Å²) in [5.41, 5.74) is 5.28. The summed E-state index contributed by atoms with van der Waals surface area (Å²) in [5.74, 6) is 1.93. The number of ether oxygens (including phenoxy) is 1. The zero-order valence-corrected chi connectivity index (χ0v) is 24.1. The third kappa shape index (κ3) is 5.87. The number of benzene rings is 2. The van der Waals surface area contributed by atoms with Crippen LogP contribution in [-0.4, -0.2) is 70.0 Å². The molecule has 1 aliphatic heterocycles. The monoisotopic (exact) mass is 564 g/mol. The molecular formula is C32H36N8O2. The van der Waals surface area contributed by atoms with Gasteiger partial charge in [0.2, 0.25) is 11.9 Å². The molecule has 0 unspecified atom stereocenters. The Balaban J connectivity index is 1.18. The van der Waals surface area contributed by atoms with E-state index in [1.54, 1.807) is 20.2 Å². The Hall–Kier alpha value is -4.62. The van der Waals surface area contributed by atoms with Crippen LogP contribution in [0.3, 0.4) is 0 Å². The summed E-state index contributed by atoms with van der Waals surface area (Å²) in [7, 11) is 1.65. The van der Waals surface area contributed by atoms with E-state index in [9.17, 15) is 10.1 Å². The first kappa shape index (κ1) is 27.5. The van der Waals surface area contributed by atoms with Crippen molar-refractivity contribution in [3.63, 3.8) is 0 Å². The van der Waals surface area contributed by atoms with Crippen molar-refractivity contribution in [1.29, 1.82) is 5.26 Å². The third-order valence-corrected chi connectivity index (χ3v) is 8.31. The first-order chi connectivity index (χ1) is 20.5. The van der Waals surface area contributed by atoms with Gasteiger partial charge in [-0.05, 0) is 41.7 Å². The van der Waals surface area contributed by atoms with Gasteiger partial charge >= 0.3 is 0 Å². The van der Waals surface area contributed by atoms with Crippen molar-refractivity contribution >= 4 is 34.4 Å². The summed E-state index contributed by atoms with van der Waals surface area (Å²) in [6.07, 6.45) is 6.25. The highest BCUT2D eigenvalue weighted by molar-refractivity contribution is 5.94. The van der Waals surface area contributed by atoms with Crippen LogP contribution in [0.25, 0.3) is 22.2 Å². The number of aromatic nitrogens is 3. The van der Waals surface area contributed by atoms with Gasteiger partial charge in [-0.2, -0.15) is 15.2 Å². The average molecular weight is 565 g/mol. The Morgan fingerprint density at radius 3 is 2.50 bits per heavy atom. The molecule has 10 heteroatoms. The van der Waals surface area contributed by atoms with Gasteiger partial charge in [-0.25, -0.2) is 0 Å². The van der Waals surface area contributed by atoms with E-state index >= 15 is 0 Å². The zero-order chi connectivity index (χ0) is 29.1. The number of fused-ring (bicyclic) bond motifs is 1. The molecule has 3 N–H and O–H groups in total. The first-order valence-electron chi connectivity index (χ1n) is 14.6. The molecule has 10 nitrogen and oxygen atoms in total. The molecule has 1 amide bonds. The number of carbonyl (C=O) groups excluding carboxylic acids is 1. The number of methoxy groups -OCH3 is 1. The molecule has 2 aliphatic rings. The highest BCUT2D eigenvalue weighted by Crippen LogP contribution is 2.34. The summed E-state index contributed by atoms with van der Waals surface area (Å²) in [6, 6.07) is 17.2. The molecule has 1 aliphatic carbocycles. The first-order valence-corrected chi connectivity index (χ1v) is 14.6. The van der Waals surface area contributed by atoms with Crippen LogP contribution in [0.1, 0.15) is 43.7 Å². The van der Waals surface area contributed by atoms with E-state index in [0.717, 1.165) is 67.8 Å². The number of carbonyl (C=O) groups is 1. The maximum Gasteiger partial charge on any atom is 0.231 e. The third-order valence-electron chi connectivity index (χ3n) is 8.31. The molecule has 0 spiro atoms. The fourth-order valence-corrected chi connectivity index (χ4v) is 5.92. The van der Waals surface area contributed by atoms with E-state index in [4.69, 9.17) is 9.72 Å². The molecule has 2 aromatic carbocycles. The quantitative estimate of drug-likeness (QED) is 0.265. The second-order valence-electron chi connectivity index (χ2n) is 11.1. The topological polar surface area (TPSA) is 122 Å². The predicted molar refractivity (Wildman–Crippen MR) is 164 cm³/mol. The van der Waals surface area contributed by atoms with E-state index in [2.05, 4.69) is 61.9 Å². The Bertz CT molecular complexity index is 1610. The predicted octanol–water partition coefficient (Wildman–Crippen LogP) is 5.27. The molecule has 2 fully saturated rings. The van der Waals surface area contributed by atoms with Crippen molar-refractivity contribution in [3.8, 4) is 22.9 Å². The van der Waals surface area contributed by atoms with Crippen LogP contribution in [0.2, 0.25) is 0 Å². The summed E-state index contributed by atoms with van der Waals surface area (Å²) in [4.78, 5) is 28.5. The van der Waals surface area contributed by atoms with Crippen LogP contribution in [0.5, 0.6) is 5.75 Å². The normalized spacial score (nSPS) is 16.0. The largest absolute Gasteiger partial charge is 0.495 e. The van der Waals surface area contributed by atoms with Crippen molar-refractivity contribution in [2.24, 2.45) is 0 Å². The van der Waals surface area contributed by atoms with Gasteiger partial charge in [0.25, 0.3) is 0 Å². The van der Waals surface area contributed by atoms with Crippen molar-refractivity contribution in [1.82, 2.24) is 24.8 Å². The zero-order valence-electron chi connectivity index (χ0n) is 24.1. The van der Waals surface area contributed by atoms with Crippen molar-refractivity contribution < 1.29 is 9.53 Å². The van der Waals surface area contributed by atoms with Crippen molar-refractivity contribution in [2.75, 3.05) is 43.9 Å². The fourth-order valence-electron chi connectivity index (χ4n) is 5.92. The van der Waals surface area contributed by atoms with Gasteiger partial charge in [0.05, 0.1) is 23.7 Å². The molecule has 0 atom stereocenters. The van der Waals surface area contributed by atoms with Crippen LogP contribution < -0.4 is 15.4 Å². The number of hydrogen-bond donors (Lipinski definition) is 3. The number of hydrogen-bond acceptors (Lipinski definition) is 8. The van der Waals surface area contributed by atoms with Crippen LogP contribution in [0, 0.1) is 11.3 Å². The average Bonchev–Trinajstić information content (AvgIpc) is 3.68. The molecule has 2 aromatic heterocycles. The standard InChI is InChI=1S/C32H36N8O2/c1-21(41)40-15-13-39(14-16-40)20-22-7-9-23(10-8-22)24-11-12-27(28(17-24)42-2)36-32-37-30-29(25(18-33)19-34-30)31(38-32)35-26-5-3-4-6-26/h7-12,17,19,26H,3-6,13-16,20H2,1-2H3,(H3,34,35,36,37,38). The highest BCUT2D eigenvalue weighted by atomic mass is 16.5. The number of nitrogens with one attached hydrogen (secondary N) is 3. The Morgan fingerprint density at radius 2 is 1.81 bits per heavy atom. The van der Waals surface area contributed by atoms with Gasteiger partial charge < -0.3 is 25.3 Å². The lowest BCUT2D eigenvalue weighted by atomic mass is 10.0. The second-order valence-corrected chi connectivity index (χ2v) is 11.1. The summed E-state index contributed by atoms with van der Waals surface area (Å²) >= 11 is 0. The minimum atomic E-state index is 0.153. The number of nitriles is 1. The number of H-pyrrole nitrogens is 1. The molecule has 216 valence electrons. The Morgan fingerprint density at radius 1 is 1.07 bits per heavy atom. The minimum Gasteiger partial charge on any atom is -0.495 e. The van der Waals surface area contributed by atoms with E-state index in [1.165, 1.54) is 18.4 Å². The number of nitrogens with zero attached hydrogens (tertiary/aromatic N) is 5. The Kier molecular flexibility index (Phi) is 7.93. The maximum absolute atomic E-state index is 11.6. The highest BCUT2D eigenvalue weighted by Gasteiger charge is 2.21. The number of aromatic amines is 1. The van der Waals surface area contributed by atoms with Crippen LogP contribution in [0.4, 0.5) is 17.5 Å². The molecule has 1 saturated heterocycles. The van der Waals surface area contributed by atoms with Crippen LogP contribution in [-0.2, 0) is 11.3 Å². The van der Waals surface area contributed by atoms with Gasteiger partial charge in [-0.3, -0.25) is 9.69 Å². The Labute approximate surface area is 245 Å². The smallest absolute Gasteiger partial charge is 0.231 e. The molecule has 0 radical (unpaired) electrons. The summed E-state index contributed by atoms with van der Waals surface area (Å²) in [5, 5.41) is 17.2. The van der Waals surface area contributed by atoms with E-state index in [-0.39, 0.29) is 5.91 Å². The SMILES string of the molecule is COc1cc(-c2ccc(CN3CCN(C(C)=O)CC3)cc2)ccc1Nc1nc(NC2CCCC2)c2c(C#N)c[nH]c2n1. The molecular weight excluding hydrogens is 528 g/mol. The number of amides is 1. The maximum atomic E-state index is 11.6. The van der Waals surface area contributed by atoms with Crippen LogP contribution >= 0.6 is 0 Å². The van der Waals surface area contributed by atoms with Gasteiger partial charge in [-0.1, -0.05) is 43.2 Å². The van der Waals surface area contributed by atoms with E-state index in [0.29, 0.717) is 34.8 Å². The molecule has 6 rings (SSSR count). The van der Waals surface area contributed by atoms with Gasteiger partial charge in [0.15, 0.2) is 0 Å². The fraction of sp³-hybridized carbons (Fsp3) is 0.375. The van der Waals surface area contributed by atoms with Gasteiger partial charge in [0, 0.05) is 51.9 Å². The number of piperazine rings is 1. The minimum absolute atomic E-state index is 0.153. The van der Waals surface area contributed by atoms with Gasteiger partial charge in [-0.15, -0.1) is 0 Å². The lowest BCUT2D eigenvalue weighted by Gasteiger charge is -2.34. The van der Waals surface area contributed by atoms with Gasteiger partial charge in [0.1, 0.15) is 23.3 Å². The lowest BCUT2D eigenvalue weighted by Crippen LogP contribution is -2.47. The number of rotatable bonds is 8. The van der Waals surface area contributed by atoms with Crippen LogP contribution in [0.15, 0.2) is 48.7 Å². The molecule has 42 heavy (non-hydrogen) atoms. The van der Waals surface area contributed by atoms with Crippen molar-refractivity contribution in [3.05, 3.63) is 59.8 Å². The lowest BCUT2D eigenvalue weighted by molar-refractivity contribution is -0.130. The summed E-state index contributed by atoms with van der Waals surface area (Å²) < 4.78 is 5.76. The number of anilines is 3.